The monoisotopic (exact) mass is 531 g/mol. The minimum atomic E-state index is -2.63. The highest BCUT2D eigenvalue weighted by molar-refractivity contribution is 7.14. The van der Waals surface area contributed by atoms with E-state index in [-0.39, 0.29) is 18.1 Å². The van der Waals surface area contributed by atoms with Crippen molar-refractivity contribution in [2.75, 3.05) is 13.1 Å². The van der Waals surface area contributed by atoms with Crippen molar-refractivity contribution in [2.45, 2.75) is 18.9 Å². The van der Waals surface area contributed by atoms with E-state index in [4.69, 9.17) is 0 Å². The Kier molecular flexibility index (Phi) is 5.31. The topological polar surface area (TPSA) is 86.4 Å². The third-order valence-corrected chi connectivity index (χ3v) is 7.74. The molecule has 0 bridgehead atoms. The standard InChI is InChI=1S/C27H20F3N7S/c28-25-2-1-24(38-25)19-10-32-11-22-17(19)6-21(34-22)26-18-7-20(33-12-23(18)35-36-26)16-5-15(8-31-9-16)13-37-4-3-27(29,30)14-37/h1-2,5-12,34H,3-4,13-14H2,(H,35,36). The van der Waals surface area contributed by atoms with E-state index in [1.807, 2.05) is 18.2 Å². The van der Waals surface area contributed by atoms with Gasteiger partial charge in [0, 0.05) is 64.9 Å². The van der Waals surface area contributed by atoms with E-state index in [1.54, 1.807) is 42.0 Å². The van der Waals surface area contributed by atoms with Crippen LogP contribution in [0, 0.1) is 5.13 Å². The van der Waals surface area contributed by atoms with Crippen molar-refractivity contribution in [3.05, 3.63) is 72.0 Å². The van der Waals surface area contributed by atoms with Gasteiger partial charge in [-0.2, -0.15) is 9.49 Å². The zero-order valence-electron chi connectivity index (χ0n) is 19.9. The molecule has 7 nitrogen and oxygen atoms in total. The van der Waals surface area contributed by atoms with Gasteiger partial charge in [0.25, 0.3) is 5.92 Å². The molecule has 190 valence electrons. The van der Waals surface area contributed by atoms with Crippen molar-refractivity contribution in [2.24, 2.45) is 0 Å². The molecule has 6 aromatic heterocycles. The van der Waals surface area contributed by atoms with Crippen LogP contribution in [0.25, 0.3) is 54.9 Å². The number of alkyl halides is 2. The zero-order valence-corrected chi connectivity index (χ0v) is 20.7. The Balaban J connectivity index is 1.24. The first-order valence-electron chi connectivity index (χ1n) is 12.0. The SMILES string of the molecule is Fc1ccc(-c2cncc3[nH]c(-c4n[nH]c5cnc(-c6cncc(CN7CCC(F)(F)C7)c6)cc45)cc23)s1. The number of pyridine rings is 3. The number of likely N-dealkylation sites (tertiary alicyclic amines) is 1. The van der Waals surface area contributed by atoms with Crippen LogP contribution in [0.15, 0.2) is 61.3 Å². The number of aromatic amines is 2. The first kappa shape index (κ1) is 23.1. The van der Waals surface area contributed by atoms with Crippen molar-refractivity contribution in [1.29, 1.82) is 0 Å². The van der Waals surface area contributed by atoms with Crippen LogP contribution in [0.5, 0.6) is 0 Å². The Labute approximate surface area is 218 Å². The van der Waals surface area contributed by atoms with Gasteiger partial charge < -0.3 is 4.98 Å². The molecular formula is C27H20F3N7S. The summed E-state index contributed by atoms with van der Waals surface area (Å²) in [5.41, 5.74) is 6.29. The summed E-state index contributed by atoms with van der Waals surface area (Å²) in [6, 6.07) is 9.08. The second-order valence-corrected chi connectivity index (χ2v) is 10.6. The summed E-state index contributed by atoms with van der Waals surface area (Å²) in [6.45, 7) is 0.543. The smallest absolute Gasteiger partial charge is 0.261 e. The molecule has 0 amide bonds. The minimum Gasteiger partial charge on any atom is -0.352 e. The number of thiophene rings is 1. The highest BCUT2D eigenvalue weighted by atomic mass is 32.1. The maximum atomic E-state index is 13.7. The predicted molar refractivity (Wildman–Crippen MR) is 140 cm³/mol. The molecule has 11 heteroatoms. The molecule has 0 atom stereocenters. The molecule has 1 fully saturated rings. The Morgan fingerprint density at radius 1 is 0.974 bits per heavy atom. The van der Waals surface area contributed by atoms with Gasteiger partial charge in [0.2, 0.25) is 0 Å². The summed E-state index contributed by atoms with van der Waals surface area (Å²) < 4.78 is 40.9. The second-order valence-electron chi connectivity index (χ2n) is 9.52. The van der Waals surface area contributed by atoms with Gasteiger partial charge >= 0.3 is 0 Å². The summed E-state index contributed by atoms with van der Waals surface area (Å²) in [4.78, 5) is 19.2. The van der Waals surface area contributed by atoms with E-state index in [2.05, 4.69) is 30.1 Å². The quantitative estimate of drug-likeness (QED) is 0.274. The molecule has 7 heterocycles. The van der Waals surface area contributed by atoms with Crippen LogP contribution in [0.2, 0.25) is 0 Å². The van der Waals surface area contributed by atoms with Crippen molar-refractivity contribution in [1.82, 2.24) is 35.0 Å². The summed E-state index contributed by atoms with van der Waals surface area (Å²) in [7, 11) is 0. The number of hydrogen-bond acceptors (Lipinski definition) is 6. The average molecular weight is 532 g/mol. The normalized spacial score (nSPS) is 15.7. The third kappa shape index (κ3) is 4.13. The summed E-state index contributed by atoms with van der Waals surface area (Å²) in [6.07, 6.45) is 8.51. The highest BCUT2D eigenvalue weighted by Gasteiger charge is 2.37. The Hall–Kier alpha value is -4.09. The lowest BCUT2D eigenvalue weighted by Crippen LogP contribution is -2.24. The fourth-order valence-corrected chi connectivity index (χ4v) is 5.78. The van der Waals surface area contributed by atoms with Gasteiger partial charge in [0.05, 0.1) is 41.4 Å². The van der Waals surface area contributed by atoms with E-state index in [0.29, 0.717) is 24.5 Å². The van der Waals surface area contributed by atoms with Crippen molar-refractivity contribution in [3.63, 3.8) is 0 Å². The molecule has 1 aliphatic rings. The molecule has 7 rings (SSSR count). The lowest BCUT2D eigenvalue weighted by molar-refractivity contribution is 0.0115. The van der Waals surface area contributed by atoms with Crippen molar-refractivity contribution >= 4 is 33.1 Å². The van der Waals surface area contributed by atoms with Crippen LogP contribution in [-0.2, 0) is 6.54 Å². The fourth-order valence-electron chi connectivity index (χ4n) is 5.03. The number of nitrogens with zero attached hydrogens (tertiary/aromatic N) is 5. The number of aromatic nitrogens is 6. The van der Waals surface area contributed by atoms with Gasteiger partial charge in [0.1, 0.15) is 5.69 Å². The van der Waals surface area contributed by atoms with Crippen molar-refractivity contribution < 1.29 is 13.2 Å². The van der Waals surface area contributed by atoms with Crippen LogP contribution in [-0.4, -0.2) is 54.0 Å². The van der Waals surface area contributed by atoms with E-state index < -0.39 is 5.92 Å². The van der Waals surface area contributed by atoms with Gasteiger partial charge in [-0.05, 0) is 35.9 Å². The lowest BCUT2D eigenvalue weighted by Gasteiger charge is -2.15. The molecule has 0 aromatic carbocycles. The van der Waals surface area contributed by atoms with Crippen LogP contribution in [0.1, 0.15) is 12.0 Å². The largest absolute Gasteiger partial charge is 0.352 e. The molecule has 1 aliphatic heterocycles. The predicted octanol–water partition coefficient (Wildman–Crippen LogP) is 6.27. The fraction of sp³-hybridized carbons (Fsp3) is 0.185. The van der Waals surface area contributed by atoms with Crippen LogP contribution >= 0.6 is 11.3 Å². The van der Waals surface area contributed by atoms with Gasteiger partial charge in [-0.1, -0.05) is 0 Å². The van der Waals surface area contributed by atoms with Gasteiger partial charge in [-0.3, -0.25) is 25.0 Å². The van der Waals surface area contributed by atoms with Gasteiger partial charge in [-0.25, -0.2) is 8.78 Å². The average Bonchev–Trinajstić information content (AvgIpc) is 3.69. The maximum absolute atomic E-state index is 13.7. The highest BCUT2D eigenvalue weighted by Crippen LogP contribution is 2.36. The maximum Gasteiger partial charge on any atom is 0.261 e. The summed E-state index contributed by atoms with van der Waals surface area (Å²) in [5, 5.41) is 9.11. The second kappa shape index (κ2) is 8.74. The number of hydrogen-bond donors (Lipinski definition) is 2. The summed E-state index contributed by atoms with van der Waals surface area (Å²) in [5.74, 6) is -2.63. The number of halogens is 3. The molecule has 6 aromatic rings. The first-order valence-corrected chi connectivity index (χ1v) is 12.8. The molecule has 1 saturated heterocycles. The zero-order chi connectivity index (χ0) is 25.9. The van der Waals surface area contributed by atoms with E-state index >= 15 is 0 Å². The minimum absolute atomic E-state index is 0.114. The number of nitrogens with one attached hydrogen (secondary N) is 2. The van der Waals surface area contributed by atoms with E-state index in [9.17, 15) is 13.2 Å². The summed E-state index contributed by atoms with van der Waals surface area (Å²) >= 11 is 1.08. The molecule has 0 unspecified atom stereocenters. The van der Waals surface area contributed by atoms with E-state index in [0.717, 1.165) is 60.4 Å². The number of rotatable bonds is 5. The van der Waals surface area contributed by atoms with Crippen LogP contribution in [0.3, 0.4) is 0 Å². The molecule has 0 saturated carbocycles. The molecular weight excluding hydrogens is 511 g/mol. The van der Waals surface area contributed by atoms with Crippen LogP contribution in [0.4, 0.5) is 13.2 Å². The Morgan fingerprint density at radius 2 is 1.87 bits per heavy atom. The Bertz CT molecular complexity index is 1810. The molecule has 2 N–H and O–H groups in total. The third-order valence-electron chi connectivity index (χ3n) is 6.83. The Morgan fingerprint density at radius 3 is 2.68 bits per heavy atom. The first-order chi connectivity index (χ1) is 18.4. The van der Waals surface area contributed by atoms with E-state index in [1.165, 1.54) is 6.07 Å². The molecule has 38 heavy (non-hydrogen) atoms. The van der Waals surface area contributed by atoms with Crippen LogP contribution < -0.4 is 0 Å². The number of H-pyrrole nitrogens is 2. The molecule has 0 radical (unpaired) electrons. The van der Waals surface area contributed by atoms with Gasteiger partial charge in [0.15, 0.2) is 5.13 Å². The van der Waals surface area contributed by atoms with Crippen molar-refractivity contribution in [3.8, 4) is 33.1 Å². The number of fused-ring (bicyclic) bond motifs is 2. The lowest BCUT2D eigenvalue weighted by atomic mass is 10.1. The van der Waals surface area contributed by atoms with Gasteiger partial charge in [-0.15, -0.1) is 11.3 Å². The molecule has 0 spiro atoms. The molecule has 0 aliphatic carbocycles.